The van der Waals surface area contributed by atoms with Crippen molar-refractivity contribution < 1.29 is 31.5 Å². The molecule has 3 aromatic rings. The van der Waals surface area contributed by atoms with Gasteiger partial charge < -0.3 is 10.1 Å². The van der Waals surface area contributed by atoms with Crippen LogP contribution in [0.2, 0.25) is 5.02 Å². The van der Waals surface area contributed by atoms with E-state index in [1.165, 1.54) is 6.92 Å². The highest BCUT2D eigenvalue weighted by molar-refractivity contribution is 9.10. The summed E-state index contributed by atoms with van der Waals surface area (Å²) in [6.07, 6.45) is -2.71. The minimum atomic E-state index is -4.69. The molecule has 0 aliphatic heterocycles. The number of nitrogens with one attached hydrogen (secondary N) is 1. The lowest BCUT2D eigenvalue weighted by Crippen LogP contribution is -2.29. The van der Waals surface area contributed by atoms with Gasteiger partial charge in [-0.2, -0.15) is 26.6 Å². The summed E-state index contributed by atoms with van der Waals surface area (Å²) in [5, 5.41) is 6.25. The van der Waals surface area contributed by atoms with E-state index in [9.17, 15) is 26.7 Å². The number of aromatic nitrogens is 5. The molecule has 1 atom stereocenters. The largest absolute Gasteiger partial charge is 0.432 e. The van der Waals surface area contributed by atoms with Crippen LogP contribution >= 0.6 is 27.5 Å². The Morgan fingerprint density at radius 3 is 2.47 bits per heavy atom. The molecule has 15 heteroatoms. The first kappa shape index (κ1) is 23.8. The molecule has 0 aliphatic rings. The van der Waals surface area contributed by atoms with Gasteiger partial charge in [-0.1, -0.05) is 11.6 Å². The van der Waals surface area contributed by atoms with E-state index in [4.69, 9.17) is 11.6 Å². The Labute approximate surface area is 189 Å². The first-order valence-corrected chi connectivity index (χ1v) is 9.69. The highest BCUT2D eigenvalue weighted by Crippen LogP contribution is 2.32. The fourth-order valence-corrected chi connectivity index (χ4v) is 3.11. The van der Waals surface area contributed by atoms with Gasteiger partial charge in [-0.05, 0) is 41.1 Å². The van der Waals surface area contributed by atoms with Crippen LogP contribution in [0.4, 0.5) is 22.0 Å². The molecule has 0 saturated heterocycles. The lowest BCUT2D eigenvalue weighted by molar-refractivity contribution is -0.137. The van der Waals surface area contributed by atoms with Crippen molar-refractivity contribution in [2.45, 2.75) is 25.8 Å². The number of amides is 1. The van der Waals surface area contributed by atoms with Gasteiger partial charge in [0.15, 0.2) is 11.6 Å². The fraction of sp³-hybridized carbons (Fsp3) is 0.235. The van der Waals surface area contributed by atoms with Crippen molar-refractivity contribution in [2.24, 2.45) is 0 Å². The summed E-state index contributed by atoms with van der Waals surface area (Å²) in [4.78, 5) is 24.4. The molecule has 2 aromatic heterocycles. The van der Waals surface area contributed by atoms with Gasteiger partial charge in [0.05, 0.1) is 24.0 Å². The Kier molecular flexibility index (Phi) is 6.93. The lowest BCUT2D eigenvalue weighted by Gasteiger charge is -2.15. The fourth-order valence-electron chi connectivity index (χ4n) is 2.54. The molecule has 0 bridgehead atoms. The van der Waals surface area contributed by atoms with Crippen LogP contribution in [-0.2, 0) is 6.18 Å². The van der Waals surface area contributed by atoms with Crippen LogP contribution in [0.25, 0.3) is 5.95 Å². The number of carbonyl (C=O) groups is 1. The summed E-state index contributed by atoms with van der Waals surface area (Å²) >= 11 is 8.79. The normalized spacial score (nSPS) is 12.7. The van der Waals surface area contributed by atoms with E-state index in [0.717, 1.165) is 23.1 Å². The number of alkyl halides is 5. The average Bonchev–Trinajstić information content (AvgIpc) is 3.09. The molecule has 0 spiro atoms. The summed E-state index contributed by atoms with van der Waals surface area (Å²) in [6, 6.07) is 1.58. The Balaban J connectivity index is 1.84. The number of benzene rings is 1. The van der Waals surface area contributed by atoms with Crippen LogP contribution in [0.1, 0.15) is 34.7 Å². The molecule has 0 aliphatic carbocycles. The zero-order chi connectivity index (χ0) is 23.6. The molecule has 8 nitrogen and oxygen atoms in total. The number of halogens is 7. The first-order chi connectivity index (χ1) is 14.9. The van der Waals surface area contributed by atoms with Gasteiger partial charge in [0, 0.05) is 10.6 Å². The number of carbonyl (C=O) groups excluding carboxylic acids is 1. The van der Waals surface area contributed by atoms with Crippen LogP contribution in [0.3, 0.4) is 0 Å². The number of rotatable bonds is 6. The third-order valence-corrected chi connectivity index (χ3v) is 4.41. The van der Waals surface area contributed by atoms with Crippen LogP contribution in [0, 0.1) is 0 Å². The van der Waals surface area contributed by atoms with Crippen molar-refractivity contribution in [1.29, 1.82) is 0 Å². The Morgan fingerprint density at radius 1 is 1.22 bits per heavy atom. The minimum Gasteiger partial charge on any atom is -0.432 e. The molecular weight excluding hydrogens is 531 g/mol. The monoisotopic (exact) mass is 540 g/mol. The number of nitrogens with zero attached hydrogens (tertiary/aromatic N) is 5. The maximum absolute atomic E-state index is 13.0. The number of hydrogen-bond acceptors (Lipinski definition) is 6. The van der Waals surface area contributed by atoms with Crippen molar-refractivity contribution in [1.82, 2.24) is 30.0 Å². The van der Waals surface area contributed by atoms with Crippen LogP contribution in [0.15, 0.2) is 35.3 Å². The summed E-state index contributed by atoms with van der Waals surface area (Å²) < 4.78 is 68.9. The maximum atomic E-state index is 13.0. The van der Waals surface area contributed by atoms with Gasteiger partial charge in [0.25, 0.3) is 11.9 Å². The second kappa shape index (κ2) is 9.32. The van der Waals surface area contributed by atoms with Crippen LogP contribution < -0.4 is 10.1 Å². The predicted molar refractivity (Wildman–Crippen MR) is 104 cm³/mol. The Morgan fingerprint density at radius 2 is 1.88 bits per heavy atom. The quantitative estimate of drug-likeness (QED) is 0.459. The zero-order valence-electron chi connectivity index (χ0n) is 15.7. The molecular formula is C17H11BrClF5N6O2. The lowest BCUT2D eigenvalue weighted by atomic mass is 10.1. The molecule has 3 rings (SSSR count). The van der Waals surface area contributed by atoms with E-state index >= 15 is 0 Å². The van der Waals surface area contributed by atoms with Gasteiger partial charge >= 0.3 is 12.8 Å². The summed E-state index contributed by atoms with van der Waals surface area (Å²) in [5.74, 6) is -1.11. The molecule has 1 N–H and O–H groups in total. The van der Waals surface area contributed by atoms with Crippen molar-refractivity contribution in [3.63, 3.8) is 0 Å². The third-order valence-electron chi connectivity index (χ3n) is 3.86. The van der Waals surface area contributed by atoms with Crippen molar-refractivity contribution in [3.05, 3.63) is 57.3 Å². The molecule has 32 heavy (non-hydrogen) atoms. The second-order valence-electron chi connectivity index (χ2n) is 6.17. The average molecular weight is 542 g/mol. The molecule has 0 saturated carbocycles. The molecule has 0 fully saturated rings. The van der Waals surface area contributed by atoms with Crippen molar-refractivity contribution >= 4 is 33.4 Å². The minimum absolute atomic E-state index is 0.0805. The highest BCUT2D eigenvalue weighted by Gasteiger charge is 2.32. The van der Waals surface area contributed by atoms with E-state index < -0.39 is 30.3 Å². The number of ether oxygens (including phenoxy) is 1. The summed E-state index contributed by atoms with van der Waals surface area (Å²) in [7, 11) is 0. The molecule has 1 unspecified atom stereocenters. The topological polar surface area (TPSA) is 94.8 Å². The van der Waals surface area contributed by atoms with Crippen LogP contribution in [0.5, 0.6) is 5.75 Å². The van der Waals surface area contributed by atoms with Gasteiger partial charge in [-0.25, -0.2) is 15.0 Å². The SMILES string of the molecule is CC(NC(=O)c1cc(Cl)cc(C(F)(F)F)c1)c1nc(Br)nn1-c1ncc(OC(F)F)cn1. The summed E-state index contributed by atoms with van der Waals surface area (Å²) in [5.41, 5.74) is -1.39. The van der Waals surface area contributed by atoms with E-state index in [2.05, 4.69) is 46.0 Å². The van der Waals surface area contributed by atoms with Gasteiger partial charge in [0.1, 0.15) is 0 Å². The highest BCUT2D eigenvalue weighted by atomic mass is 79.9. The summed E-state index contributed by atoms with van der Waals surface area (Å²) in [6.45, 7) is -1.56. The third kappa shape index (κ3) is 5.68. The van der Waals surface area contributed by atoms with E-state index in [0.29, 0.717) is 12.1 Å². The Hall–Kier alpha value is -2.87. The second-order valence-corrected chi connectivity index (χ2v) is 7.32. The van der Waals surface area contributed by atoms with Gasteiger partial charge in [-0.3, -0.25) is 4.79 Å². The predicted octanol–water partition coefficient (Wildman–Crippen LogP) is 4.58. The van der Waals surface area contributed by atoms with Gasteiger partial charge in [0.2, 0.25) is 4.73 Å². The van der Waals surface area contributed by atoms with E-state index in [-0.39, 0.29) is 32.8 Å². The Bertz CT molecular complexity index is 1130. The van der Waals surface area contributed by atoms with Crippen LogP contribution in [-0.4, -0.2) is 37.3 Å². The smallest absolute Gasteiger partial charge is 0.416 e. The maximum Gasteiger partial charge on any atom is 0.416 e. The molecule has 0 radical (unpaired) electrons. The van der Waals surface area contributed by atoms with Crippen molar-refractivity contribution in [3.8, 4) is 11.7 Å². The van der Waals surface area contributed by atoms with Crippen molar-refractivity contribution in [2.75, 3.05) is 0 Å². The standard InChI is InChI=1S/C17H11BrClF5N6O2/c1-7(27-13(31)8-2-9(17(22,23)24)4-10(19)3-8)12-28-14(18)29-30(12)16-25-5-11(6-26-16)32-15(20)21/h2-7,15H,1H3,(H,27,31). The molecule has 2 heterocycles. The van der Waals surface area contributed by atoms with E-state index in [1.807, 2.05) is 0 Å². The molecule has 1 amide bonds. The molecule has 1 aromatic carbocycles. The number of hydrogen-bond donors (Lipinski definition) is 1. The zero-order valence-corrected chi connectivity index (χ0v) is 18.1. The first-order valence-electron chi connectivity index (χ1n) is 8.52. The van der Waals surface area contributed by atoms with E-state index in [1.54, 1.807) is 0 Å². The van der Waals surface area contributed by atoms with Gasteiger partial charge in [-0.15, -0.1) is 5.10 Å². The molecule has 170 valence electrons.